The zero-order valence-corrected chi connectivity index (χ0v) is 13.6. The molecule has 0 aliphatic carbocycles. The zero-order valence-electron chi connectivity index (χ0n) is 12.8. The molecular formula is C16H20N4O2S. The third-order valence-corrected chi connectivity index (χ3v) is 4.68. The number of rotatable bonds is 6. The molecule has 2 aromatic rings. The Labute approximate surface area is 139 Å². The van der Waals surface area contributed by atoms with Crippen LogP contribution in [0.3, 0.4) is 0 Å². The Balaban J connectivity index is 1.58. The predicted molar refractivity (Wildman–Crippen MR) is 90.7 cm³/mol. The normalized spacial score (nSPS) is 15.5. The van der Waals surface area contributed by atoms with Crippen LogP contribution in [-0.4, -0.2) is 34.7 Å². The van der Waals surface area contributed by atoms with Crippen molar-refractivity contribution in [2.45, 2.75) is 23.6 Å². The van der Waals surface area contributed by atoms with Gasteiger partial charge < -0.3 is 10.1 Å². The van der Waals surface area contributed by atoms with E-state index in [4.69, 9.17) is 4.74 Å². The number of aromatic nitrogens is 3. The topological polar surface area (TPSA) is 79.9 Å². The van der Waals surface area contributed by atoms with E-state index in [1.54, 1.807) is 18.0 Å². The molecule has 0 spiro atoms. The van der Waals surface area contributed by atoms with Crippen molar-refractivity contribution in [3.8, 4) is 0 Å². The van der Waals surface area contributed by atoms with Gasteiger partial charge in [0.15, 0.2) is 0 Å². The molecule has 23 heavy (non-hydrogen) atoms. The molecule has 0 unspecified atom stereocenters. The highest BCUT2D eigenvalue weighted by atomic mass is 32.2. The standard InChI is InChI=1S/C16H20N4O2S/c21-14-9-13(11-23-15-3-1-2-6-17-15)19-16(20-14)18-10-12-4-7-22-8-5-12/h1-3,6,9,12H,4-5,7-8,10-11H2,(H2,18,19,20,21). The fraction of sp³-hybridized carbons (Fsp3) is 0.438. The smallest absolute Gasteiger partial charge is 0.252 e. The molecule has 2 aromatic heterocycles. The molecule has 3 heterocycles. The summed E-state index contributed by atoms with van der Waals surface area (Å²) in [4.78, 5) is 23.3. The molecule has 0 saturated carbocycles. The second kappa shape index (κ2) is 8.12. The Morgan fingerprint density at radius 2 is 2.22 bits per heavy atom. The van der Waals surface area contributed by atoms with E-state index in [9.17, 15) is 4.79 Å². The fourth-order valence-electron chi connectivity index (χ4n) is 2.44. The second-order valence-electron chi connectivity index (χ2n) is 5.48. The molecule has 0 atom stereocenters. The maximum atomic E-state index is 11.8. The summed E-state index contributed by atoms with van der Waals surface area (Å²) in [6.07, 6.45) is 3.85. The van der Waals surface area contributed by atoms with E-state index in [1.807, 2.05) is 18.2 Å². The molecule has 1 aliphatic heterocycles. The summed E-state index contributed by atoms with van der Waals surface area (Å²) in [5.74, 6) is 1.73. The van der Waals surface area contributed by atoms with Crippen LogP contribution in [0.5, 0.6) is 0 Å². The van der Waals surface area contributed by atoms with Gasteiger partial charge in [0, 0.05) is 37.8 Å². The minimum absolute atomic E-state index is 0.133. The lowest BCUT2D eigenvalue weighted by Gasteiger charge is -2.22. The summed E-state index contributed by atoms with van der Waals surface area (Å²) in [6, 6.07) is 7.31. The van der Waals surface area contributed by atoms with Crippen molar-refractivity contribution < 1.29 is 4.74 Å². The first-order chi connectivity index (χ1) is 11.3. The van der Waals surface area contributed by atoms with Crippen molar-refractivity contribution in [3.05, 3.63) is 46.5 Å². The number of thioether (sulfide) groups is 1. The number of aromatic amines is 1. The van der Waals surface area contributed by atoms with Crippen LogP contribution in [0, 0.1) is 5.92 Å². The molecule has 0 radical (unpaired) electrons. The molecule has 1 fully saturated rings. The molecular weight excluding hydrogens is 312 g/mol. The molecule has 0 aromatic carbocycles. The molecule has 3 rings (SSSR count). The molecule has 2 N–H and O–H groups in total. The van der Waals surface area contributed by atoms with E-state index < -0.39 is 0 Å². The third-order valence-electron chi connectivity index (χ3n) is 3.70. The lowest BCUT2D eigenvalue weighted by atomic mass is 10.0. The first kappa shape index (κ1) is 16.0. The SMILES string of the molecule is O=c1cc(CSc2ccccn2)nc(NCC2CCOCC2)[nH]1. The third kappa shape index (κ3) is 5.07. The van der Waals surface area contributed by atoms with Crippen molar-refractivity contribution in [2.24, 2.45) is 5.92 Å². The van der Waals surface area contributed by atoms with Gasteiger partial charge in [-0.05, 0) is 30.9 Å². The number of H-pyrrole nitrogens is 1. The average molecular weight is 332 g/mol. The van der Waals surface area contributed by atoms with E-state index >= 15 is 0 Å². The van der Waals surface area contributed by atoms with Gasteiger partial charge in [-0.3, -0.25) is 9.78 Å². The fourth-order valence-corrected chi connectivity index (χ4v) is 3.19. The van der Waals surface area contributed by atoms with Crippen molar-refractivity contribution in [3.63, 3.8) is 0 Å². The van der Waals surface area contributed by atoms with Crippen LogP contribution in [0.1, 0.15) is 18.5 Å². The maximum absolute atomic E-state index is 11.8. The number of nitrogens with one attached hydrogen (secondary N) is 2. The largest absolute Gasteiger partial charge is 0.381 e. The van der Waals surface area contributed by atoms with E-state index in [1.165, 1.54) is 6.07 Å². The van der Waals surface area contributed by atoms with E-state index in [0.717, 1.165) is 43.3 Å². The summed E-state index contributed by atoms with van der Waals surface area (Å²) >= 11 is 1.57. The summed E-state index contributed by atoms with van der Waals surface area (Å²) in [5.41, 5.74) is 0.616. The van der Waals surface area contributed by atoms with Crippen molar-refractivity contribution in [1.82, 2.24) is 15.0 Å². The van der Waals surface area contributed by atoms with Crippen molar-refractivity contribution in [1.29, 1.82) is 0 Å². The first-order valence-electron chi connectivity index (χ1n) is 7.75. The number of hydrogen-bond acceptors (Lipinski definition) is 6. The Morgan fingerprint density at radius 1 is 1.35 bits per heavy atom. The summed E-state index contributed by atoms with van der Waals surface area (Å²) in [7, 11) is 0. The number of anilines is 1. The van der Waals surface area contributed by atoms with Gasteiger partial charge >= 0.3 is 0 Å². The predicted octanol–water partition coefficient (Wildman–Crippen LogP) is 2.30. The van der Waals surface area contributed by atoms with Gasteiger partial charge in [-0.1, -0.05) is 6.07 Å². The minimum Gasteiger partial charge on any atom is -0.381 e. The summed E-state index contributed by atoms with van der Waals surface area (Å²) in [6.45, 7) is 2.44. The number of ether oxygens (including phenoxy) is 1. The molecule has 6 nitrogen and oxygen atoms in total. The van der Waals surface area contributed by atoms with Gasteiger partial charge in [-0.25, -0.2) is 9.97 Å². The van der Waals surface area contributed by atoms with Crippen LogP contribution < -0.4 is 10.9 Å². The van der Waals surface area contributed by atoms with Crippen molar-refractivity contribution >= 4 is 17.7 Å². The van der Waals surface area contributed by atoms with E-state index in [0.29, 0.717) is 17.6 Å². The number of nitrogens with zero attached hydrogens (tertiary/aromatic N) is 2. The van der Waals surface area contributed by atoms with E-state index in [-0.39, 0.29) is 5.56 Å². The maximum Gasteiger partial charge on any atom is 0.252 e. The van der Waals surface area contributed by atoms with Gasteiger partial charge in [-0.15, -0.1) is 11.8 Å². The quantitative estimate of drug-likeness (QED) is 0.790. The summed E-state index contributed by atoms with van der Waals surface area (Å²) < 4.78 is 5.35. The highest BCUT2D eigenvalue weighted by Crippen LogP contribution is 2.19. The number of hydrogen-bond donors (Lipinski definition) is 2. The molecule has 0 bridgehead atoms. The zero-order chi connectivity index (χ0) is 15.9. The Hall–Kier alpha value is -1.86. The van der Waals surface area contributed by atoms with Gasteiger partial charge in [-0.2, -0.15) is 0 Å². The van der Waals surface area contributed by atoms with Gasteiger partial charge in [0.1, 0.15) is 0 Å². The van der Waals surface area contributed by atoms with Crippen LogP contribution in [-0.2, 0) is 10.5 Å². The Morgan fingerprint density at radius 3 is 3.00 bits per heavy atom. The van der Waals surface area contributed by atoms with Crippen molar-refractivity contribution in [2.75, 3.05) is 25.1 Å². The van der Waals surface area contributed by atoms with Gasteiger partial charge in [0.05, 0.1) is 10.7 Å². The second-order valence-corrected chi connectivity index (χ2v) is 6.47. The minimum atomic E-state index is -0.133. The molecule has 7 heteroatoms. The molecule has 1 saturated heterocycles. The van der Waals surface area contributed by atoms with Gasteiger partial charge in [0.2, 0.25) is 5.95 Å². The van der Waals surface area contributed by atoms with Crippen LogP contribution in [0.2, 0.25) is 0 Å². The Bertz CT molecular complexity index is 671. The van der Waals surface area contributed by atoms with Gasteiger partial charge in [0.25, 0.3) is 5.56 Å². The Kier molecular flexibility index (Phi) is 5.65. The molecule has 0 amide bonds. The summed E-state index contributed by atoms with van der Waals surface area (Å²) in [5, 5.41) is 4.17. The average Bonchev–Trinajstić information content (AvgIpc) is 2.60. The highest BCUT2D eigenvalue weighted by Gasteiger charge is 2.14. The van der Waals surface area contributed by atoms with Crippen LogP contribution in [0.25, 0.3) is 0 Å². The lowest BCUT2D eigenvalue weighted by Crippen LogP contribution is -2.24. The van der Waals surface area contributed by atoms with E-state index in [2.05, 4.69) is 20.3 Å². The van der Waals surface area contributed by atoms with Crippen LogP contribution in [0.15, 0.2) is 40.3 Å². The lowest BCUT2D eigenvalue weighted by molar-refractivity contribution is 0.0699. The molecule has 122 valence electrons. The highest BCUT2D eigenvalue weighted by molar-refractivity contribution is 7.98. The van der Waals surface area contributed by atoms with Crippen LogP contribution >= 0.6 is 11.8 Å². The monoisotopic (exact) mass is 332 g/mol. The number of pyridine rings is 1. The molecule has 1 aliphatic rings. The van der Waals surface area contributed by atoms with Crippen LogP contribution in [0.4, 0.5) is 5.95 Å². The first-order valence-corrected chi connectivity index (χ1v) is 8.74.